The average Bonchev–Trinajstić information content (AvgIpc) is 3.26. The molecule has 3 N–H and O–H groups in total. The third-order valence-corrected chi connectivity index (χ3v) is 8.79. The Morgan fingerprint density at radius 1 is 1.00 bits per heavy atom. The van der Waals surface area contributed by atoms with Crippen molar-refractivity contribution in [3.05, 3.63) is 65.9 Å². The van der Waals surface area contributed by atoms with Crippen LogP contribution in [0, 0.1) is 17.8 Å². The predicted molar refractivity (Wildman–Crippen MR) is 141 cm³/mol. The van der Waals surface area contributed by atoms with Crippen LogP contribution < -0.4 is 10.6 Å². The first-order chi connectivity index (χ1) is 17.5. The number of ether oxygens (including phenoxy) is 1. The fourth-order valence-electron chi connectivity index (χ4n) is 7.65. The van der Waals surface area contributed by atoms with Crippen LogP contribution in [-0.2, 0) is 21.4 Å². The highest BCUT2D eigenvalue weighted by Crippen LogP contribution is 2.60. The predicted octanol–water partition coefficient (Wildman–Crippen LogP) is 5.93. The smallest absolute Gasteiger partial charge is 0.407 e. The first kappa shape index (κ1) is 23.1. The maximum absolute atomic E-state index is 13.3. The first-order valence-corrected chi connectivity index (χ1v) is 13.4. The van der Waals surface area contributed by atoms with Gasteiger partial charge in [-0.15, -0.1) is 0 Å². The Morgan fingerprint density at radius 3 is 2.33 bits per heavy atom. The number of carbonyl (C=O) groups is 2. The van der Waals surface area contributed by atoms with Crippen molar-refractivity contribution < 1.29 is 14.3 Å². The number of rotatable bonds is 7. The van der Waals surface area contributed by atoms with Gasteiger partial charge in [0.1, 0.15) is 6.04 Å². The van der Waals surface area contributed by atoms with Gasteiger partial charge in [0.15, 0.2) is 0 Å². The van der Waals surface area contributed by atoms with Crippen LogP contribution in [0.15, 0.2) is 54.7 Å². The second-order valence-electron chi connectivity index (χ2n) is 11.2. The number of aromatic nitrogens is 1. The molecule has 4 fully saturated rings. The SMILES string of the molecule is CCOC(=O)N[C@H](Cc1c[nH]c2ccccc12)C(=O)Nc1ccc(C23CC4CC(CC(C4)C2)C3)cc1. The zero-order valence-corrected chi connectivity index (χ0v) is 20.9. The summed E-state index contributed by atoms with van der Waals surface area (Å²) in [5, 5.41) is 6.83. The maximum atomic E-state index is 13.3. The Labute approximate surface area is 212 Å². The topological polar surface area (TPSA) is 83.2 Å². The van der Waals surface area contributed by atoms with Gasteiger partial charge in [-0.05, 0) is 97.9 Å². The van der Waals surface area contributed by atoms with Gasteiger partial charge in [-0.2, -0.15) is 0 Å². The first-order valence-electron chi connectivity index (χ1n) is 13.4. The summed E-state index contributed by atoms with van der Waals surface area (Å²) in [5.74, 6) is 2.44. The van der Waals surface area contributed by atoms with Crippen LogP contribution in [0.25, 0.3) is 10.9 Å². The van der Waals surface area contributed by atoms with Crippen molar-refractivity contribution in [1.82, 2.24) is 10.3 Å². The van der Waals surface area contributed by atoms with E-state index in [1.165, 1.54) is 44.1 Å². The fourth-order valence-corrected chi connectivity index (χ4v) is 7.65. The Balaban J connectivity index is 1.18. The zero-order valence-electron chi connectivity index (χ0n) is 20.9. The van der Waals surface area contributed by atoms with E-state index < -0.39 is 12.1 Å². The Hall–Kier alpha value is -3.28. The molecule has 2 aromatic carbocycles. The molecule has 188 valence electrons. The van der Waals surface area contributed by atoms with Crippen molar-refractivity contribution in [2.24, 2.45) is 17.8 Å². The largest absolute Gasteiger partial charge is 0.450 e. The molecule has 3 aromatic rings. The summed E-state index contributed by atoms with van der Waals surface area (Å²) in [7, 11) is 0. The summed E-state index contributed by atoms with van der Waals surface area (Å²) in [6, 6.07) is 15.7. The van der Waals surface area contributed by atoms with E-state index in [1.54, 1.807) is 6.92 Å². The van der Waals surface area contributed by atoms with Crippen molar-refractivity contribution >= 4 is 28.6 Å². The van der Waals surface area contributed by atoms with Gasteiger partial charge in [0, 0.05) is 29.2 Å². The molecule has 1 atom stereocenters. The second-order valence-corrected chi connectivity index (χ2v) is 11.2. The Morgan fingerprint density at radius 2 is 1.67 bits per heavy atom. The van der Waals surface area contributed by atoms with Crippen LogP contribution in [0.1, 0.15) is 56.6 Å². The number of nitrogens with one attached hydrogen (secondary N) is 3. The molecule has 0 radical (unpaired) electrons. The summed E-state index contributed by atoms with van der Waals surface area (Å²) in [4.78, 5) is 28.8. The van der Waals surface area contributed by atoms with E-state index in [-0.39, 0.29) is 12.5 Å². The van der Waals surface area contributed by atoms with Crippen LogP contribution in [-0.4, -0.2) is 29.6 Å². The van der Waals surface area contributed by atoms with Crippen LogP contribution in [0.3, 0.4) is 0 Å². The maximum Gasteiger partial charge on any atom is 0.407 e. The third-order valence-electron chi connectivity index (χ3n) is 8.79. The molecule has 0 spiro atoms. The van der Waals surface area contributed by atoms with Crippen LogP contribution >= 0.6 is 0 Å². The van der Waals surface area contributed by atoms with Gasteiger partial charge in [-0.1, -0.05) is 30.3 Å². The second kappa shape index (κ2) is 9.30. The van der Waals surface area contributed by atoms with E-state index in [0.717, 1.165) is 39.9 Å². The molecule has 4 aliphatic rings. The van der Waals surface area contributed by atoms with E-state index in [2.05, 4.69) is 27.8 Å². The lowest BCUT2D eigenvalue weighted by Crippen LogP contribution is -2.48. The number of carbonyl (C=O) groups excluding carboxylic acids is 2. The van der Waals surface area contributed by atoms with Crippen molar-refractivity contribution in [3.63, 3.8) is 0 Å². The summed E-state index contributed by atoms with van der Waals surface area (Å²) in [6.07, 6.45) is 9.92. The van der Waals surface area contributed by atoms with Crippen molar-refractivity contribution in [3.8, 4) is 0 Å². The van der Waals surface area contributed by atoms with Gasteiger partial charge in [0.2, 0.25) is 5.91 Å². The minimum Gasteiger partial charge on any atom is -0.450 e. The van der Waals surface area contributed by atoms with Crippen molar-refractivity contribution in [1.29, 1.82) is 0 Å². The molecule has 0 aliphatic heterocycles. The standard InChI is InChI=1S/C30H35N3O3/c1-2-36-29(35)33-27(14-22-18-31-26-6-4-3-5-25(22)26)28(34)32-24-9-7-23(8-10-24)30-15-19-11-20(16-30)13-21(12-19)17-30/h3-10,18-21,27,31H,2,11-17H2,1H3,(H,32,34)(H,33,35)/t19?,20?,21?,27-,30?/m1/s1. The number of fused-ring (bicyclic) bond motifs is 1. The van der Waals surface area contributed by atoms with E-state index in [9.17, 15) is 9.59 Å². The minimum absolute atomic E-state index is 0.249. The summed E-state index contributed by atoms with van der Waals surface area (Å²) in [6.45, 7) is 2.00. The van der Waals surface area contributed by atoms with E-state index in [1.807, 2.05) is 42.6 Å². The normalized spacial score (nSPS) is 27.1. The molecule has 4 aliphatic carbocycles. The number of anilines is 1. The molecule has 6 nitrogen and oxygen atoms in total. The monoisotopic (exact) mass is 485 g/mol. The number of para-hydroxylation sites is 1. The number of aromatic amines is 1. The Kier molecular flexibility index (Phi) is 5.98. The van der Waals surface area contributed by atoms with Crippen molar-refractivity contribution in [2.75, 3.05) is 11.9 Å². The number of H-pyrrole nitrogens is 1. The third kappa shape index (κ3) is 4.38. The van der Waals surface area contributed by atoms with Crippen LogP contribution in [0.2, 0.25) is 0 Å². The molecule has 4 bridgehead atoms. The lowest BCUT2D eigenvalue weighted by atomic mass is 9.48. The Bertz CT molecular complexity index is 1230. The fraction of sp³-hybridized carbons (Fsp3) is 0.467. The van der Waals surface area contributed by atoms with Gasteiger partial charge >= 0.3 is 6.09 Å². The number of hydrogen-bond donors (Lipinski definition) is 3. The number of amides is 2. The number of alkyl carbamates (subject to hydrolysis) is 1. The molecule has 6 heteroatoms. The molecule has 1 heterocycles. The lowest BCUT2D eigenvalue weighted by Gasteiger charge is -2.57. The van der Waals surface area contributed by atoms with Gasteiger partial charge in [0.05, 0.1) is 6.61 Å². The van der Waals surface area contributed by atoms with E-state index in [4.69, 9.17) is 4.74 Å². The summed E-state index contributed by atoms with van der Waals surface area (Å²) >= 11 is 0. The molecule has 4 saturated carbocycles. The van der Waals surface area contributed by atoms with Gasteiger partial charge in [-0.25, -0.2) is 4.79 Å². The molecule has 1 aromatic heterocycles. The summed E-state index contributed by atoms with van der Waals surface area (Å²) < 4.78 is 5.07. The minimum atomic E-state index is -0.758. The zero-order chi connectivity index (χ0) is 24.7. The number of benzene rings is 2. The molecular weight excluding hydrogens is 450 g/mol. The van der Waals surface area contributed by atoms with Crippen molar-refractivity contribution in [2.45, 2.75) is 63.3 Å². The molecule has 0 saturated heterocycles. The average molecular weight is 486 g/mol. The molecular formula is C30H35N3O3. The van der Waals surface area contributed by atoms with Gasteiger partial charge < -0.3 is 20.4 Å². The van der Waals surface area contributed by atoms with Crippen LogP contribution in [0.4, 0.5) is 10.5 Å². The van der Waals surface area contributed by atoms with E-state index >= 15 is 0 Å². The van der Waals surface area contributed by atoms with Crippen LogP contribution in [0.5, 0.6) is 0 Å². The highest BCUT2D eigenvalue weighted by molar-refractivity contribution is 5.97. The van der Waals surface area contributed by atoms with Gasteiger partial charge in [0.25, 0.3) is 0 Å². The lowest BCUT2D eigenvalue weighted by molar-refractivity contribution is -0.118. The molecule has 2 amide bonds. The summed E-state index contributed by atoms with van der Waals surface area (Å²) in [5.41, 5.74) is 4.49. The quantitative estimate of drug-likeness (QED) is 0.388. The van der Waals surface area contributed by atoms with E-state index in [0.29, 0.717) is 11.8 Å². The highest BCUT2D eigenvalue weighted by Gasteiger charge is 2.51. The molecule has 36 heavy (non-hydrogen) atoms. The molecule has 7 rings (SSSR count). The van der Waals surface area contributed by atoms with Gasteiger partial charge in [-0.3, -0.25) is 4.79 Å². The molecule has 0 unspecified atom stereocenters. The number of hydrogen-bond acceptors (Lipinski definition) is 3. The highest BCUT2D eigenvalue weighted by atomic mass is 16.5.